The quantitative estimate of drug-likeness (QED) is 0.472. The maximum absolute atomic E-state index is 13.4. The molecule has 0 bridgehead atoms. The van der Waals surface area contributed by atoms with E-state index in [0.717, 1.165) is 24.1 Å². The van der Waals surface area contributed by atoms with Crippen molar-refractivity contribution in [2.45, 2.75) is 50.9 Å². The lowest BCUT2D eigenvalue weighted by Gasteiger charge is -2.20. The van der Waals surface area contributed by atoms with Crippen LogP contribution in [0.5, 0.6) is 0 Å². The van der Waals surface area contributed by atoms with Crippen molar-refractivity contribution in [3.8, 4) is 5.69 Å². The highest BCUT2D eigenvalue weighted by atomic mass is 79.9. The number of benzene rings is 1. The topological polar surface area (TPSA) is 51.9 Å². The molecule has 1 aliphatic carbocycles. The van der Waals surface area contributed by atoms with Gasteiger partial charge in [0.05, 0.1) is 16.2 Å². The van der Waals surface area contributed by atoms with E-state index in [1.165, 1.54) is 4.68 Å². The summed E-state index contributed by atoms with van der Waals surface area (Å²) in [6, 6.07) is 10.4. The van der Waals surface area contributed by atoms with Crippen molar-refractivity contribution < 1.29 is 18.0 Å². The number of carbonyl (C=O) groups excluding carboxylic acids is 1. The predicted octanol–water partition coefficient (Wildman–Crippen LogP) is 5.77. The number of halogens is 4. The van der Waals surface area contributed by atoms with Crippen LogP contribution in [0.1, 0.15) is 61.6 Å². The summed E-state index contributed by atoms with van der Waals surface area (Å²) >= 11 is 3.07. The van der Waals surface area contributed by atoms with Gasteiger partial charge in [-0.05, 0) is 72.4 Å². The standard InChI is InChI=1S/C22H22BrF3N4O/c1-13(16-6-5-7-17(12-16)29-10-3-4-11-29)27-21(31)14(2)30-19(15-8-9-15)18(23)20(28-30)22(24,25)26/h3-7,10-15H,8-9H2,1-2H3,(H,27,31). The van der Waals surface area contributed by atoms with Crippen molar-refractivity contribution in [3.63, 3.8) is 0 Å². The molecule has 1 amide bonds. The molecule has 1 aromatic carbocycles. The van der Waals surface area contributed by atoms with Crippen LogP contribution in [0.4, 0.5) is 13.2 Å². The fourth-order valence-corrected chi connectivity index (χ4v) is 4.43. The molecule has 1 N–H and O–H groups in total. The van der Waals surface area contributed by atoms with E-state index in [4.69, 9.17) is 0 Å². The number of aromatic nitrogens is 3. The molecule has 2 unspecified atom stereocenters. The normalized spacial score (nSPS) is 16.2. The van der Waals surface area contributed by atoms with Crippen LogP contribution >= 0.6 is 15.9 Å². The Labute approximate surface area is 186 Å². The van der Waals surface area contributed by atoms with E-state index in [9.17, 15) is 18.0 Å². The van der Waals surface area contributed by atoms with E-state index in [2.05, 4.69) is 26.3 Å². The second-order valence-electron chi connectivity index (χ2n) is 7.86. The molecule has 1 aliphatic rings. The second-order valence-corrected chi connectivity index (χ2v) is 8.65. The lowest BCUT2D eigenvalue weighted by molar-refractivity contribution is -0.142. The maximum Gasteiger partial charge on any atom is 0.436 e. The molecule has 2 aromatic heterocycles. The predicted molar refractivity (Wildman–Crippen MR) is 114 cm³/mol. The van der Waals surface area contributed by atoms with Gasteiger partial charge in [0.1, 0.15) is 6.04 Å². The minimum Gasteiger partial charge on any atom is -0.348 e. The summed E-state index contributed by atoms with van der Waals surface area (Å²) in [4.78, 5) is 12.9. The minimum atomic E-state index is -4.59. The summed E-state index contributed by atoms with van der Waals surface area (Å²) in [6.45, 7) is 3.42. The number of hydrogen-bond donors (Lipinski definition) is 1. The third-order valence-electron chi connectivity index (χ3n) is 5.50. The Hall–Kier alpha value is -2.55. The summed E-state index contributed by atoms with van der Waals surface area (Å²) in [5.41, 5.74) is 1.31. The van der Waals surface area contributed by atoms with Crippen molar-refractivity contribution in [1.82, 2.24) is 19.7 Å². The van der Waals surface area contributed by atoms with Gasteiger partial charge in [0, 0.05) is 24.0 Å². The van der Waals surface area contributed by atoms with Crippen molar-refractivity contribution in [3.05, 3.63) is 70.2 Å². The molecule has 2 heterocycles. The number of hydrogen-bond acceptors (Lipinski definition) is 2. The molecular formula is C22H22BrF3N4O. The van der Waals surface area contributed by atoms with Crippen LogP contribution in [0.25, 0.3) is 5.69 Å². The van der Waals surface area contributed by atoms with Crippen LogP contribution < -0.4 is 5.32 Å². The van der Waals surface area contributed by atoms with Crippen LogP contribution in [0.15, 0.2) is 53.3 Å². The van der Waals surface area contributed by atoms with E-state index < -0.39 is 17.9 Å². The van der Waals surface area contributed by atoms with Gasteiger partial charge in [0.2, 0.25) is 5.91 Å². The molecule has 3 aromatic rings. The molecule has 31 heavy (non-hydrogen) atoms. The number of nitrogens with one attached hydrogen (secondary N) is 1. The van der Waals surface area contributed by atoms with Gasteiger partial charge in [-0.15, -0.1) is 0 Å². The van der Waals surface area contributed by atoms with Crippen molar-refractivity contribution in [2.75, 3.05) is 0 Å². The Morgan fingerprint density at radius 2 is 1.87 bits per heavy atom. The third kappa shape index (κ3) is 4.42. The highest BCUT2D eigenvalue weighted by Gasteiger charge is 2.43. The van der Waals surface area contributed by atoms with E-state index in [1.54, 1.807) is 6.92 Å². The first kappa shape index (κ1) is 21.7. The Morgan fingerprint density at radius 3 is 2.48 bits per heavy atom. The Bertz CT molecular complexity index is 1090. The van der Waals surface area contributed by atoms with Gasteiger partial charge in [-0.25, -0.2) is 0 Å². The van der Waals surface area contributed by atoms with Gasteiger partial charge in [-0.3, -0.25) is 9.48 Å². The fraction of sp³-hybridized carbons (Fsp3) is 0.364. The number of nitrogens with zero attached hydrogens (tertiary/aromatic N) is 3. The highest BCUT2D eigenvalue weighted by molar-refractivity contribution is 9.10. The van der Waals surface area contributed by atoms with Gasteiger partial charge in [-0.2, -0.15) is 18.3 Å². The number of alkyl halides is 3. The summed E-state index contributed by atoms with van der Waals surface area (Å²) < 4.78 is 43.2. The summed E-state index contributed by atoms with van der Waals surface area (Å²) in [5.74, 6) is -0.395. The number of rotatable bonds is 6. The summed E-state index contributed by atoms with van der Waals surface area (Å²) in [5, 5.41) is 6.69. The zero-order valence-electron chi connectivity index (χ0n) is 17.0. The SMILES string of the molecule is CC(NC(=O)C(C)n1nc(C(F)(F)F)c(Br)c1C1CC1)c1cccc(-n2cccc2)c1. The summed E-state index contributed by atoms with van der Waals surface area (Å²) in [7, 11) is 0. The highest BCUT2D eigenvalue weighted by Crippen LogP contribution is 2.47. The molecule has 1 fully saturated rings. The van der Waals surface area contributed by atoms with E-state index >= 15 is 0 Å². The van der Waals surface area contributed by atoms with Crippen molar-refractivity contribution in [2.24, 2.45) is 0 Å². The van der Waals surface area contributed by atoms with Gasteiger partial charge < -0.3 is 9.88 Å². The Kier molecular flexibility index (Phi) is 5.72. The maximum atomic E-state index is 13.4. The van der Waals surface area contributed by atoms with Crippen molar-refractivity contribution in [1.29, 1.82) is 0 Å². The fourth-order valence-electron chi connectivity index (χ4n) is 3.62. The van der Waals surface area contributed by atoms with Gasteiger partial charge >= 0.3 is 6.18 Å². The zero-order chi connectivity index (χ0) is 22.3. The van der Waals surface area contributed by atoms with E-state index in [-0.39, 0.29) is 22.3 Å². The molecule has 1 saturated carbocycles. The lowest BCUT2D eigenvalue weighted by Crippen LogP contribution is -2.34. The average molecular weight is 495 g/mol. The monoisotopic (exact) mass is 494 g/mol. The Balaban J connectivity index is 1.55. The van der Waals surface area contributed by atoms with Crippen molar-refractivity contribution >= 4 is 21.8 Å². The zero-order valence-corrected chi connectivity index (χ0v) is 18.6. The first-order chi connectivity index (χ1) is 14.7. The van der Waals surface area contributed by atoms with Crippen LogP contribution in [0.3, 0.4) is 0 Å². The van der Waals surface area contributed by atoms with Gasteiger partial charge in [0.15, 0.2) is 5.69 Å². The first-order valence-electron chi connectivity index (χ1n) is 10.1. The molecule has 4 rings (SSSR count). The Morgan fingerprint density at radius 1 is 1.19 bits per heavy atom. The first-order valence-corrected chi connectivity index (χ1v) is 10.8. The van der Waals surface area contributed by atoms with E-state index in [0.29, 0.717) is 5.69 Å². The number of amides is 1. The molecule has 2 atom stereocenters. The number of carbonyl (C=O) groups is 1. The minimum absolute atomic E-state index is 0.0103. The van der Waals surface area contributed by atoms with Crippen LogP contribution in [0, 0.1) is 0 Å². The van der Waals surface area contributed by atoms with Crippen LogP contribution in [-0.4, -0.2) is 20.3 Å². The van der Waals surface area contributed by atoms with Crippen LogP contribution in [-0.2, 0) is 11.0 Å². The lowest BCUT2D eigenvalue weighted by atomic mass is 10.1. The van der Waals surface area contributed by atoms with Gasteiger partial charge in [0.25, 0.3) is 0 Å². The second kappa shape index (κ2) is 8.18. The molecule has 0 aliphatic heterocycles. The average Bonchev–Trinajstić information content (AvgIpc) is 3.27. The van der Waals surface area contributed by atoms with Gasteiger partial charge in [-0.1, -0.05) is 12.1 Å². The molecule has 5 nitrogen and oxygen atoms in total. The molecular weight excluding hydrogens is 473 g/mol. The largest absolute Gasteiger partial charge is 0.436 e. The third-order valence-corrected chi connectivity index (χ3v) is 6.28. The molecule has 164 valence electrons. The molecule has 0 spiro atoms. The van der Waals surface area contributed by atoms with Crippen LogP contribution in [0.2, 0.25) is 0 Å². The molecule has 0 saturated heterocycles. The van der Waals surface area contributed by atoms with E-state index in [1.807, 2.05) is 60.3 Å². The molecule has 9 heteroatoms. The smallest absolute Gasteiger partial charge is 0.348 e. The summed E-state index contributed by atoms with van der Waals surface area (Å²) in [6.07, 6.45) is 0.850. The molecule has 0 radical (unpaired) electrons.